The molecule has 2 aliphatic heterocycles. The highest BCUT2D eigenvalue weighted by Gasteiger charge is 2.47. The number of amides is 1. The van der Waals surface area contributed by atoms with Crippen LogP contribution in [0.4, 0.5) is 0 Å². The molecule has 0 radical (unpaired) electrons. The molecule has 9 nitrogen and oxygen atoms in total. The first kappa shape index (κ1) is 19.9. The maximum Gasteiger partial charge on any atom is 0.251 e. The average Bonchev–Trinajstić information content (AvgIpc) is 3.44. The van der Waals surface area contributed by atoms with E-state index in [1.54, 1.807) is 12.4 Å². The fourth-order valence-corrected chi connectivity index (χ4v) is 4.49. The fraction of sp³-hybridized carbons (Fsp3) is 0.455. The number of imidazole rings is 2. The number of pyridine rings is 1. The van der Waals surface area contributed by atoms with E-state index in [9.17, 15) is 4.79 Å². The Balaban J connectivity index is 1.27. The lowest BCUT2D eigenvalue weighted by Gasteiger charge is -2.45. The first-order valence-corrected chi connectivity index (χ1v) is 10.7. The Kier molecular flexibility index (Phi) is 5.29. The molecule has 3 aromatic heterocycles. The van der Waals surface area contributed by atoms with E-state index in [-0.39, 0.29) is 5.91 Å². The zero-order valence-corrected chi connectivity index (χ0v) is 17.6. The van der Waals surface area contributed by atoms with Gasteiger partial charge in [-0.1, -0.05) is 6.07 Å². The molecule has 2 aliphatic rings. The predicted molar refractivity (Wildman–Crippen MR) is 113 cm³/mol. The lowest BCUT2D eigenvalue weighted by Crippen LogP contribution is -2.54. The maximum absolute atomic E-state index is 12.9. The fourth-order valence-electron chi connectivity index (χ4n) is 4.49. The van der Waals surface area contributed by atoms with Crippen LogP contribution in [0, 0.1) is 0 Å². The number of rotatable bonds is 5. The summed E-state index contributed by atoms with van der Waals surface area (Å²) in [5.41, 5.74) is 0.291. The average molecular weight is 422 g/mol. The Labute approximate surface area is 181 Å². The molecular weight excluding hydrogens is 394 g/mol. The Morgan fingerprint density at radius 2 is 2.00 bits per heavy atom. The first-order chi connectivity index (χ1) is 15.1. The van der Waals surface area contributed by atoms with E-state index in [1.165, 1.54) is 0 Å². The van der Waals surface area contributed by atoms with E-state index in [0.717, 1.165) is 49.8 Å². The van der Waals surface area contributed by atoms with Crippen molar-refractivity contribution in [1.82, 2.24) is 34.3 Å². The number of likely N-dealkylation sites (tertiary alicyclic amines) is 1. The zero-order valence-electron chi connectivity index (χ0n) is 17.6. The zero-order chi connectivity index (χ0) is 21.3. The second-order valence-electron chi connectivity index (χ2n) is 8.27. The molecular formula is C22H27N7O2. The van der Waals surface area contributed by atoms with Crippen molar-refractivity contribution in [3.8, 4) is 0 Å². The Bertz CT molecular complexity index is 1040. The molecule has 1 atom stereocenters. The quantitative estimate of drug-likeness (QED) is 0.666. The van der Waals surface area contributed by atoms with E-state index < -0.39 is 11.7 Å². The van der Waals surface area contributed by atoms with Crippen molar-refractivity contribution in [2.75, 3.05) is 13.1 Å². The minimum absolute atomic E-state index is 0.111. The molecule has 1 spiro atoms. The smallest absolute Gasteiger partial charge is 0.251 e. The molecule has 1 unspecified atom stereocenters. The number of nitrogens with one attached hydrogen (secondary N) is 1. The van der Waals surface area contributed by atoms with Crippen molar-refractivity contribution in [2.45, 2.75) is 44.2 Å². The number of piperidine rings is 1. The lowest BCUT2D eigenvalue weighted by atomic mass is 9.88. The minimum Gasteiger partial charge on any atom is -0.352 e. The highest BCUT2D eigenvalue weighted by atomic mass is 16.5. The topological polar surface area (TPSA) is 90.1 Å². The maximum atomic E-state index is 12.9. The molecule has 0 aliphatic carbocycles. The Hall–Kier alpha value is -3.04. The van der Waals surface area contributed by atoms with Crippen LogP contribution in [0.2, 0.25) is 0 Å². The first-order valence-electron chi connectivity index (χ1n) is 10.7. The van der Waals surface area contributed by atoms with Crippen molar-refractivity contribution in [3.63, 3.8) is 0 Å². The second-order valence-corrected chi connectivity index (χ2v) is 8.27. The summed E-state index contributed by atoms with van der Waals surface area (Å²) >= 11 is 0. The van der Waals surface area contributed by atoms with Gasteiger partial charge in [0, 0.05) is 51.1 Å². The minimum atomic E-state index is -0.550. The third kappa shape index (κ3) is 3.98. The summed E-state index contributed by atoms with van der Waals surface area (Å²) in [5, 5.41) is 2.98. The van der Waals surface area contributed by atoms with E-state index in [4.69, 9.17) is 4.74 Å². The van der Waals surface area contributed by atoms with Crippen molar-refractivity contribution in [1.29, 1.82) is 0 Å². The molecule has 1 saturated heterocycles. The highest BCUT2D eigenvalue weighted by molar-refractivity contribution is 5.80. The van der Waals surface area contributed by atoms with Crippen LogP contribution in [0.5, 0.6) is 0 Å². The summed E-state index contributed by atoms with van der Waals surface area (Å²) in [6.07, 6.45) is 10.3. The number of hydrogen-bond donors (Lipinski definition) is 1. The molecule has 5 heterocycles. The monoisotopic (exact) mass is 421 g/mol. The van der Waals surface area contributed by atoms with Gasteiger partial charge in [0.2, 0.25) is 0 Å². The summed E-state index contributed by atoms with van der Waals surface area (Å²) < 4.78 is 10.6. The largest absolute Gasteiger partial charge is 0.352 e. The highest BCUT2D eigenvalue weighted by Crippen LogP contribution is 2.40. The normalized spacial score (nSPS) is 20.5. The third-order valence-electron chi connectivity index (χ3n) is 6.27. The number of aromatic nitrogens is 5. The summed E-state index contributed by atoms with van der Waals surface area (Å²) in [6.45, 7) is 3.40. The summed E-state index contributed by atoms with van der Waals surface area (Å²) in [6, 6.07) is 5.67. The summed E-state index contributed by atoms with van der Waals surface area (Å²) in [4.78, 5) is 28.6. The molecule has 1 fully saturated rings. The van der Waals surface area contributed by atoms with Crippen molar-refractivity contribution in [3.05, 3.63) is 66.5 Å². The van der Waals surface area contributed by atoms with Gasteiger partial charge in [0.1, 0.15) is 17.2 Å². The van der Waals surface area contributed by atoms with Gasteiger partial charge in [-0.3, -0.25) is 14.7 Å². The van der Waals surface area contributed by atoms with Gasteiger partial charge >= 0.3 is 0 Å². The molecule has 9 heteroatoms. The van der Waals surface area contributed by atoms with Crippen LogP contribution in [-0.4, -0.2) is 54.1 Å². The van der Waals surface area contributed by atoms with Crippen LogP contribution in [0.3, 0.4) is 0 Å². The summed E-state index contributed by atoms with van der Waals surface area (Å²) in [7, 11) is 2.02. The molecule has 3 aromatic rings. The van der Waals surface area contributed by atoms with Crippen molar-refractivity contribution < 1.29 is 9.53 Å². The van der Waals surface area contributed by atoms with Gasteiger partial charge in [-0.2, -0.15) is 0 Å². The van der Waals surface area contributed by atoms with Crippen LogP contribution < -0.4 is 5.32 Å². The van der Waals surface area contributed by atoms with E-state index >= 15 is 0 Å². The van der Waals surface area contributed by atoms with Crippen LogP contribution in [0.1, 0.15) is 30.2 Å². The SMILES string of the molecule is Cn1ccnc1CN1CCC2(CC1)OC(C(=O)NCc1ccccn1)Cn1ccnc12. The summed E-state index contributed by atoms with van der Waals surface area (Å²) in [5.74, 6) is 1.87. The molecule has 5 rings (SSSR count). The van der Waals surface area contributed by atoms with Crippen LogP contribution in [0.15, 0.2) is 49.2 Å². The van der Waals surface area contributed by atoms with Crippen LogP contribution >= 0.6 is 0 Å². The number of hydrogen-bond acceptors (Lipinski definition) is 6. The number of ether oxygens (including phenoxy) is 1. The number of carbonyl (C=O) groups excluding carboxylic acids is 1. The number of carbonyl (C=O) groups is 1. The molecule has 0 aromatic carbocycles. The molecule has 1 N–H and O–H groups in total. The van der Waals surface area contributed by atoms with Gasteiger partial charge in [0.05, 0.1) is 25.3 Å². The van der Waals surface area contributed by atoms with Gasteiger partial charge in [-0.25, -0.2) is 9.97 Å². The van der Waals surface area contributed by atoms with E-state index in [1.807, 2.05) is 43.8 Å². The van der Waals surface area contributed by atoms with E-state index in [0.29, 0.717) is 13.1 Å². The molecule has 1 amide bonds. The van der Waals surface area contributed by atoms with Gasteiger partial charge in [0.15, 0.2) is 6.10 Å². The lowest BCUT2D eigenvalue weighted by molar-refractivity contribution is -0.174. The van der Waals surface area contributed by atoms with Gasteiger partial charge < -0.3 is 19.2 Å². The van der Waals surface area contributed by atoms with E-state index in [2.05, 4.69) is 34.3 Å². The van der Waals surface area contributed by atoms with Gasteiger partial charge in [-0.15, -0.1) is 0 Å². The van der Waals surface area contributed by atoms with Gasteiger partial charge in [0.25, 0.3) is 5.91 Å². The second kappa shape index (κ2) is 8.24. The van der Waals surface area contributed by atoms with Crippen LogP contribution in [0.25, 0.3) is 0 Å². The van der Waals surface area contributed by atoms with Crippen molar-refractivity contribution >= 4 is 5.91 Å². The Morgan fingerprint density at radius 3 is 2.74 bits per heavy atom. The molecule has 31 heavy (non-hydrogen) atoms. The number of aryl methyl sites for hydroxylation is 1. The molecule has 162 valence electrons. The standard InChI is InChI=1S/C22H27N7O2/c1-27-12-8-24-19(27)16-28-10-5-22(6-11-28)21-25-9-13-29(21)15-18(31-22)20(30)26-14-17-4-2-3-7-23-17/h2-4,7-9,12-13,18H,5-6,10-11,14-16H2,1H3,(H,26,30). The molecule has 0 bridgehead atoms. The van der Waals surface area contributed by atoms with Crippen LogP contribution in [-0.2, 0) is 41.8 Å². The van der Waals surface area contributed by atoms with Crippen molar-refractivity contribution in [2.24, 2.45) is 7.05 Å². The predicted octanol–water partition coefficient (Wildman–Crippen LogP) is 1.22. The number of nitrogens with zero attached hydrogens (tertiary/aromatic N) is 6. The molecule has 0 saturated carbocycles. The van der Waals surface area contributed by atoms with Gasteiger partial charge in [-0.05, 0) is 25.0 Å². The Morgan fingerprint density at radius 1 is 1.16 bits per heavy atom. The number of fused-ring (bicyclic) bond motifs is 2. The third-order valence-corrected chi connectivity index (χ3v) is 6.27.